The second-order valence-electron chi connectivity index (χ2n) is 6.16. The number of rotatable bonds is 8. The highest BCUT2D eigenvalue weighted by Gasteiger charge is 2.04. The molecular weight excluding hydrogens is 294 g/mol. The summed E-state index contributed by atoms with van der Waals surface area (Å²) in [6, 6.07) is 25.0. The van der Waals surface area contributed by atoms with Crippen molar-refractivity contribution in [2.45, 2.75) is 19.3 Å². The number of carbonyl (C=O) groups is 1. The van der Waals surface area contributed by atoms with Gasteiger partial charge < -0.3 is 5.32 Å². The summed E-state index contributed by atoms with van der Waals surface area (Å²) in [5, 5.41) is 5.67. The van der Waals surface area contributed by atoms with Gasteiger partial charge in [0.05, 0.1) is 6.54 Å². The first-order chi connectivity index (χ1) is 11.8. The maximum atomic E-state index is 12.1. The lowest BCUT2D eigenvalue weighted by Crippen LogP contribution is -2.25. The highest BCUT2D eigenvalue weighted by Crippen LogP contribution is 2.16. The van der Waals surface area contributed by atoms with E-state index in [1.807, 2.05) is 18.2 Å². The smallest absolute Gasteiger partial charge is 0.150 e. The van der Waals surface area contributed by atoms with Gasteiger partial charge in [0, 0.05) is 6.42 Å². The Kier molecular flexibility index (Phi) is 5.75. The number of Topliss-reactive ketones (excluding diaryl/α,β-unsaturated/α-hetero) is 1. The zero-order chi connectivity index (χ0) is 16.6. The second-order valence-corrected chi connectivity index (χ2v) is 6.16. The topological polar surface area (TPSA) is 29.1 Å². The molecule has 122 valence electrons. The van der Waals surface area contributed by atoms with Crippen molar-refractivity contribution in [3.63, 3.8) is 0 Å². The van der Waals surface area contributed by atoms with Gasteiger partial charge in [-0.2, -0.15) is 0 Å². The Morgan fingerprint density at radius 2 is 1.54 bits per heavy atom. The highest BCUT2D eigenvalue weighted by atomic mass is 16.1. The van der Waals surface area contributed by atoms with E-state index in [9.17, 15) is 4.79 Å². The molecule has 0 aliphatic rings. The summed E-state index contributed by atoms with van der Waals surface area (Å²) in [6.07, 6.45) is 2.59. The van der Waals surface area contributed by atoms with Crippen LogP contribution in [0.1, 0.15) is 17.5 Å². The van der Waals surface area contributed by atoms with E-state index in [4.69, 9.17) is 0 Å². The molecule has 1 N–H and O–H groups in total. The minimum absolute atomic E-state index is 0.241. The van der Waals surface area contributed by atoms with E-state index >= 15 is 0 Å². The van der Waals surface area contributed by atoms with Crippen molar-refractivity contribution in [3.05, 3.63) is 83.9 Å². The van der Waals surface area contributed by atoms with Crippen molar-refractivity contribution in [3.8, 4) is 0 Å². The Balaban J connectivity index is 1.40. The number of benzene rings is 3. The van der Waals surface area contributed by atoms with Gasteiger partial charge in [-0.1, -0.05) is 72.8 Å². The molecule has 0 spiro atoms. The van der Waals surface area contributed by atoms with Crippen LogP contribution in [-0.4, -0.2) is 18.9 Å². The molecule has 0 fully saturated rings. The minimum atomic E-state index is 0.241. The lowest BCUT2D eigenvalue weighted by Gasteiger charge is -2.06. The molecule has 2 nitrogen and oxygen atoms in total. The number of hydrogen-bond donors (Lipinski definition) is 1. The van der Waals surface area contributed by atoms with Gasteiger partial charge in [0.1, 0.15) is 0 Å². The van der Waals surface area contributed by atoms with Crippen molar-refractivity contribution in [1.82, 2.24) is 5.32 Å². The molecule has 0 bridgehead atoms. The van der Waals surface area contributed by atoms with E-state index in [2.05, 4.69) is 59.9 Å². The van der Waals surface area contributed by atoms with E-state index in [0.29, 0.717) is 13.0 Å². The monoisotopic (exact) mass is 317 g/mol. The number of aryl methyl sites for hydroxylation is 1. The van der Waals surface area contributed by atoms with Crippen LogP contribution in [0.5, 0.6) is 0 Å². The molecule has 3 aromatic carbocycles. The molecule has 0 aliphatic carbocycles. The molecule has 0 aromatic heterocycles. The summed E-state index contributed by atoms with van der Waals surface area (Å²) in [5.41, 5.74) is 2.44. The van der Waals surface area contributed by atoms with Crippen molar-refractivity contribution in [2.24, 2.45) is 0 Å². The zero-order valence-electron chi connectivity index (χ0n) is 13.9. The fraction of sp³-hybridized carbons (Fsp3) is 0.227. The van der Waals surface area contributed by atoms with E-state index in [1.54, 1.807) is 0 Å². The number of fused-ring (bicyclic) bond motifs is 1. The van der Waals surface area contributed by atoms with Crippen LogP contribution in [0.2, 0.25) is 0 Å². The fourth-order valence-corrected chi connectivity index (χ4v) is 2.93. The predicted molar refractivity (Wildman–Crippen MR) is 100 cm³/mol. The van der Waals surface area contributed by atoms with E-state index in [0.717, 1.165) is 24.9 Å². The predicted octanol–water partition coefficient (Wildman–Crippen LogP) is 4.17. The molecule has 0 unspecified atom stereocenters. The van der Waals surface area contributed by atoms with E-state index in [1.165, 1.54) is 16.3 Å². The quantitative estimate of drug-likeness (QED) is 0.632. The molecule has 0 atom stereocenters. The number of carbonyl (C=O) groups excluding carboxylic acids is 1. The summed E-state index contributed by atoms with van der Waals surface area (Å²) in [5.74, 6) is 0.241. The number of nitrogens with one attached hydrogen (secondary N) is 1. The Labute approximate surface area is 143 Å². The Morgan fingerprint density at radius 3 is 2.38 bits per heavy atom. The summed E-state index contributed by atoms with van der Waals surface area (Å²) >= 11 is 0. The Hall–Kier alpha value is -2.45. The SMILES string of the molecule is O=C(CNCCCc1ccccc1)Cc1ccc2ccccc2c1. The molecular formula is C22H23NO. The first kappa shape index (κ1) is 16.4. The zero-order valence-corrected chi connectivity index (χ0v) is 13.9. The summed E-state index contributed by atoms with van der Waals surface area (Å²) in [7, 11) is 0. The molecule has 3 aromatic rings. The van der Waals surface area contributed by atoms with Gasteiger partial charge >= 0.3 is 0 Å². The fourth-order valence-electron chi connectivity index (χ4n) is 2.93. The first-order valence-corrected chi connectivity index (χ1v) is 8.55. The lowest BCUT2D eigenvalue weighted by molar-refractivity contribution is -0.117. The van der Waals surface area contributed by atoms with Gasteiger partial charge in [-0.15, -0.1) is 0 Å². The highest BCUT2D eigenvalue weighted by molar-refractivity contribution is 5.86. The lowest BCUT2D eigenvalue weighted by atomic mass is 10.0. The summed E-state index contributed by atoms with van der Waals surface area (Å²) in [4.78, 5) is 12.1. The maximum absolute atomic E-state index is 12.1. The van der Waals surface area contributed by atoms with Crippen molar-refractivity contribution < 1.29 is 4.79 Å². The molecule has 0 saturated heterocycles. The van der Waals surface area contributed by atoms with Crippen LogP contribution < -0.4 is 5.32 Å². The van der Waals surface area contributed by atoms with Crippen molar-refractivity contribution in [1.29, 1.82) is 0 Å². The van der Waals surface area contributed by atoms with Crippen LogP contribution in [0.15, 0.2) is 72.8 Å². The van der Waals surface area contributed by atoms with Gasteiger partial charge in [-0.05, 0) is 41.3 Å². The van der Waals surface area contributed by atoms with Gasteiger partial charge in [0.25, 0.3) is 0 Å². The molecule has 3 rings (SSSR count). The third-order valence-electron chi connectivity index (χ3n) is 4.20. The third-order valence-corrected chi connectivity index (χ3v) is 4.20. The Bertz CT molecular complexity index is 795. The standard InChI is InChI=1S/C22H23NO/c24-22(17-23-14-6-9-18-7-2-1-3-8-18)16-19-12-13-20-10-4-5-11-21(20)15-19/h1-5,7-8,10-13,15,23H,6,9,14,16-17H2. The van der Waals surface area contributed by atoms with Crippen LogP contribution >= 0.6 is 0 Å². The molecule has 0 aliphatic heterocycles. The van der Waals surface area contributed by atoms with Crippen molar-refractivity contribution >= 4 is 16.6 Å². The third kappa shape index (κ3) is 4.77. The average molecular weight is 317 g/mol. The molecule has 0 radical (unpaired) electrons. The Morgan fingerprint density at radius 1 is 0.792 bits per heavy atom. The van der Waals surface area contributed by atoms with Gasteiger partial charge in [0.2, 0.25) is 0 Å². The maximum Gasteiger partial charge on any atom is 0.150 e. The van der Waals surface area contributed by atoms with Crippen LogP contribution in [0.3, 0.4) is 0 Å². The van der Waals surface area contributed by atoms with Crippen LogP contribution in [-0.2, 0) is 17.6 Å². The van der Waals surface area contributed by atoms with Gasteiger partial charge in [0.15, 0.2) is 5.78 Å². The second kappa shape index (κ2) is 8.42. The molecule has 24 heavy (non-hydrogen) atoms. The molecule has 0 heterocycles. The van der Waals surface area contributed by atoms with E-state index in [-0.39, 0.29) is 5.78 Å². The van der Waals surface area contributed by atoms with Crippen molar-refractivity contribution in [2.75, 3.05) is 13.1 Å². The van der Waals surface area contributed by atoms with E-state index < -0.39 is 0 Å². The molecule has 2 heteroatoms. The van der Waals surface area contributed by atoms with Crippen LogP contribution in [0, 0.1) is 0 Å². The van der Waals surface area contributed by atoms with Crippen LogP contribution in [0.25, 0.3) is 10.8 Å². The number of hydrogen-bond acceptors (Lipinski definition) is 2. The van der Waals surface area contributed by atoms with Gasteiger partial charge in [-0.3, -0.25) is 4.79 Å². The molecule has 0 saturated carbocycles. The average Bonchev–Trinajstić information content (AvgIpc) is 2.62. The summed E-state index contributed by atoms with van der Waals surface area (Å²) in [6.45, 7) is 1.32. The molecule has 0 amide bonds. The normalized spacial score (nSPS) is 10.8. The van der Waals surface area contributed by atoms with Crippen LogP contribution in [0.4, 0.5) is 0 Å². The number of ketones is 1. The first-order valence-electron chi connectivity index (χ1n) is 8.55. The largest absolute Gasteiger partial charge is 0.310 e. The summed E-state index contributed by atoms with van der Waals surface area (Å²) < 4.78 is 0. The van der Waals surface area contributed by atoms with Gasteiger partial charge in [-0.25, -0.2) is 0 Å². The minimum Gasteiger partial charge on any atom is -0.310 e.